The van der Waals surface area contributed by atoms with Crippen LogP contribution in [0, 0.1) is 0 Å². The Morgan fingerprint density at radius 2 is 0.800 bits per heavy atom. The Bertz CT molecular complexity index is 19.1. The number of rotatable bonds is 0. The molecule has 0 aromatic carbocycles. The Balaban J connectivity index is 3.02. The average molecular weight is 271 g/mol. The van der Waals surface area contributed by atoms with Crippen LogP contribution in [0.2, 0.25) is 0 Å². The molecule has 5 heavy (non-hydrogen) atoms. The molecule has 0 saturated heterocycles. The van der Waals surface area contributed by atoms with Crippen molar-refractivity contribution in [2.24, 2.45) is 0 Å². The molecule has 0 amide bonds. The van der Waals surface area contributed by atoms with Gasteiger partial charge in [-0.05, 0) is 0 Å². The maximum absolute atomic E-state index is 9.87. The molecule has 5 heteroatoms. The van der Waals surface area contributed by atoms with Crippen molar-refractivity contribution in [2.45, 2.75) is 0 Å². The molecule has 0 nitrogen and oxygen atoms in total. The normalized spacial score (nSPS) is 15.2. The zero-order valence-electron chi connectivity index (χ0n) is 1.83. The molecule has 0 atom stereocenters. The summed E-state index contributed by atoms with van der Waals surface area (Å²) >= 11 is -6.94. The van der Waals surface area contributed by atoms with Gasteiger partial charge in [0, 0.05) is 0 Å². The summed E-state index contributed by atoms with van der Waals surface area (Å²) in [5.74, 6) is 0. The van der Waals surface area contributed by atoms with Crippen LogP contribution in [0.5, 0.6) is 0 Å². The van der Waals surface area contributed by atoms with E-state index in [1.165, 1.54) is 0 Å². The van der Waals surface area contributed by atoms with E-state index in [1.54, 1.807) is 0 Å². The van der Waals surface area contributed by atoms with E-state index in [1.807, 2.05) is 0 Å². The van der Waals surface area contributed by atoms with Crippen LogP contribution in [0.4, 0.5) is 12.6 Å². The van der Waals surface area contributed by atoms with E-state index in [2.05, 4.69) is 0 Å². The number of hydrogen-bond acceptors (Lipinski definition) is 0. The Labute approximate surface area is 31.6 Å². The van der Waals surface area contributed by atoms with Gasteiger partial charge in [0.2, 0.25) is 0 Å². The van der Waals surface area contributed by atoms with E-state index in [9.17, 15) is 12.6 Å². The van der Waals surface area contributed by atoms with Gasteiger partial charge in [-0.3, -0.25) is 0 Å². The first kappa shape index (κ1) is 5.41. The fraction of sp³-hybridized carbons (Fsp3) is 0. The van der Waals surface area contributed by atoms with Crippen molar-refractivity contribution in [2.75, 3.05) is 0 Å². The van der Waals surface area contributed by atoms with Crippen LogP contribution < -0.4 is 0 Å². The molecule has 0 radical (unpaired) electrons. The second-order valence-electron chi connectivity index (χ2n) is 0.271. The predicted molar refractivity (Wildman–Crippen MR) is 4.43 cm³/mol. The van der Waals surface area contributed by atoms with Gasteiger partial charge in [0.15, 0.2) is 0 Å². The van der Waals surface area contributed by atoms with E-state index in [4.69, 9.17) is 0 Å². The summed E-state index contributed by atoms with van der Waals surface area (Å²) in [6.45, 7) is 0. The molecule has 0 spiro atoms. The molecule has 36 valence electrons. The van der Waals surface area contributed by atoms with Crippen LogP contribution in [0.15, 0.2) is 0 Å². The van der Waals surface area contributed by atoms with E-state index in [0.717, 1.165) is 0 Å². The van der Waals surface area contributed by atoms with Gasteiger partial charge in [0.1, 0.15) is 0 Å². The second kappa shape index (κ2) is 1.25. The molecule has 0 saturated carbocycles. The van der Waals surface area contributed by atoms with Gasteiger partial charge in [-0.15, -0.1) is 0 Å². The number of hydrogen-bond donors (Lipinski definition) is 0. The average Bonchev–Trinajstić information content (AvgIpc) is 0.722. The molecule has 0 bridgehead atoms. The first-order valence-electron chi connectivity index (χ1n) is 0.478. The molecular weight excluding hydrogens is 271 g/mol. The number of halogens is 4. The Morgan fingerprint density at radius 3 is 0.800 bits per heavy atom. The minimum absolute atomic E-state index is 6.94. The molecule has 0 N–H and O–H groups in total. The summed E-state index contributed by atoms with van der Waals surface area (Å²) in [7, 11) is 0. The minimum atomic E-state index is -6.94. The summed E-state index contributed by atoms with van der Waals surface area (Å²) in [5, 5.41) is 0. The topological polar surface area (TPSA) is 0 Å². The van der Waals surface area contributed by atoms with E-state index >= 15 is 0 Å². The fourth-order valence-corrected chi connectivity index (χ4v) is 0. The standard InChI is InChI=1S/4FH.Pt/h4*1H;/q;;;;+6/p-4. The van der Waals surface area contributed by atoms with Crippen molar-refractivity contribution in [3.05, 3.63) is 0 Å². The predicted octanol–water partition coefficient (Wildman–Crippen LogP) is 1.68. The van der Waals surface area contributed by atoms with Crippen LogP contribution in [0.25, 0.3) is 0 Å². The first-order chi connectivity index (χ1) is 2.00. The monoisotopic (exact) mass is 271 g/mol. The van der Waals surface area contributed by atoms with Gasteiger partial charge in [-0.1, -0.05) is 0 Å². The van der Waals surface area contributed by atoms with Crippen molar-refractivity contribution >= 4 is 0 Å². The summed E-state index contributed by atoms with van der Waals surface area (Å²) in [5.41, 5.74) is 0. The molecule has 0 aliphatic carbocycles. The Morgan fingerprint density at radius 1 is 0.800 bits per heavy atom. The van der Waals surface area contributed by atoms with Crippen molar-refractivity contribution in [3.8, 4) is 0 Å². The zero-order chi connectivity index (χ0) is 4.50. The maximum atomic E-state index is 9.87. The van der Waals surface area contributed by atoms with Crippen LogP contribution >= 0.6 is 0 Å². The summed E-state index contributed by atoms with van der Waals surface area (Å²) in [6.07, 6.45) is 0. The van der Waals surface area contributed by atoms with E-state index in [-0.39, 0.29) is 0 Å². The third kappa shape index (κ3) is 153. The molecule has 0 aliphatic heterocycles. The first-order valence-corrected chi connectivity index (χ1v) is 3.91. The Hall–Kier alpha value is 0.408. The molecule has 0 unspecified atom stereocenters. The summed E-state index contributed by atoms with van der Waals surface area (Å²) in [6, 6.07) is 0. The zero-order valence-corrected chi connectivity index (χ0v) is 4.10. The summed E-state index contributed by atoms with van der Waals surface area (Å²) in [4.78, 5) is 0. The van der Waals surface area contributed by atoms with Crippen LogP contribution in [-0.2, 0) is 18.2 Å². The SMILES string of the molecule is [F][Pt+2]([F])([F])[F]. The van der Waals surface area contributed by atoms with Gasteiger partial charge in [-0.2, -0.15) is 0 Å². The van der Waals surface area contributed by atoms with Crippen molar-refractivity contribution in [1.82, 2.24) is 0 Å². The molecule has 0 aromatic rings. The fourth-order valence-electron chi connectivity index (χ4n) is 0. The van der Waals surface area contributed by atoms with Gasteiger partial charge >= 0.3 is 30.8 Å². The summed E-state index contributed by atoms with van der Waals surface area (Å²) < 4.78 is 39.5. The van der Waals surface area contributed by atoms with Crippen molar-refractivity contribution in [1.29, 1.82) is 0 Å². The van der Waals surface area contributed by atoms with Crippen LogP contribution in [-0.4, -0.2) is 0 Å². The van der Waals surface area contributed by atoms with Gasteiger partial charge in [0.05, 0.1) is 0 Å². The van der Waals surface area contributed by atoms with Crippen LogP contribution in [0.3, 0.4) is 0 Å². The van der Waals surface area contributed by atoms with E-state index in [0.29, 0.717) is 0 Å². The molecular formula is F4Pt+2. The molecule has 0 aromatic heterocycles. The quantitative estimate of drug-likeness (QED) is 0.588. The van der Waals surface area contributed by atoms with Gasteiger partial charge in [-0.25, -0.2) is 0 Å². The van der Waals surface area contributed by atoms with Gasteiger partial charge in [0.25, 0.3) is 0 Å². The van der Waals surface area contributed by atoms with E-state index < -0.39 is 18.2 Å². The Kier molecular flexibility index (Phi) is 1.35. The molecule has 0 rings (SSSR count). The third-order valence-electron chi connectivity index (χ3n) is 0. The van der Waals surface area contributed by atoms with Crippen molar-refractivity contribution in [3.63, 3.8) is 0 Å². The van der Waals surface area contributed by atoms with Crippen LogP contribution in [0.1, 0.15) is 0 Å². The molecule has 0 fully saturated rings. The third-order valence-corrected chi connectivity index (χ3v) is 0. The van der Waals surface area contributed by atoms with Gasteiger partial charge < -0.3 is 0 Å². The second-order valence-corrected chi connectivity index (χ2v) is 2.22. The molecule has 0 aliphatic rings. The molecule has 0 heterocycles. The van der Waals surface area contributed by atoms with Crippen molar-refractivity contribution < 1.29 is 30.8 Å².